The minimum atomic E-state index is -0.273. The number of carbonyl (C=O) groups is 2. The van der Waals surface area contributed by atoms with Crippen molar-refractivity contribution in [3.8, 4) is 0 Å². The lowest BCUT2D eigenvalue weighted by Crippen LogP contribution is -2.41. The molecule has 0 spiro atoms. The first-order valence-electron chi connectivity index (χ1n) is 9.85. The molecule has 156 valence electrons. The van der Waals surface area contributed by atoms with Gasteiger partial charge < -0.3 is 15.0 Å². The lowest BCUT2D eigenvalue weighted by atomic mass is 9.94. The van der Waals surface area contributed by atoms with E-state index in [0.29, 0.717) is 30.3 Å². The molecule has 2 aliphatic rings. The average molecular weight is 427 g/mol. The summed E-state index contributed by atoms with van der Waals surface area (Å²) in [4.78, 5) is 26.5. The van der Waals surface area contributed by atoms with Gasteiger partial charge in [-0.2, -0.15) is 5.10 Å². The van der Waals surface area contributed by atoms with Crippen molar-refractivity contribution < 1.29 is 14.3 Å². The number of nitrogens with zero attached hydrogens (tertiary/aromatic N) is 3. The molecule has 30 heavy (non-hydrogen) atoms. The SMILES string of the molecule is CNC(=O)N1N=C(c2ccc(Cl)cc2)c2ccc(N3CCOCC3=O)cc2CC1C. The molecule has 3 amide bonds. The summed E-state index contributed by atoms with van der Waals surface area (Å²) in [5.74, 6) is -0.0542. The number of hydrogen-bond donors (Lipinski definition) is 1. The molecule has 0 radical (unpaired) electrons. The Bertz CT molecular complexity index is 1010. The molecule has 8 heteroatoms. The Hall–Kier alpha value is -2.90. The highest BCUT2D eigenvalue weighted by atomic mass is 35.5. The molecule has 0 aliphatic carbocycles. The van der Waals surface area contributed by atoms with E-state index in [1.54, 1.807) is 24.1 Å². The summed E-state index contributed by atoms with van der Waals surface area (Å²) in [6, 6.07) is 12.9. The minimum absolute atomic E-state index is 0.0542. The smallest absolute Gasteiger partial charge is 0.337 e. The molecule has 1 unspecified atom stereocenters. The maximum Gasteiger partial charge on any atom is 0.337 e. The summed E-state index contributed by atoms with van der Waals surface area (Å²) in [6.07, 6.45) is 0.607. The zero-order valence-corrected chi connectivity index (χ0v) is 17.6. The van der Waals surface area contributed by atoms with Crippen LogP contribution in [0, 0.1) is 0 Å². The van der Waals surface area contributed by atoms with Gasteiger partial charge in [0.15, 0.2) is 0 Å². The Labute approximate surface area is 180 Å². The van der Waals surface area contributed by atoms with Crippen LogP contribution in [0.1, 0.15) is 23.6 Å². The number of hydrogen-bond acceptors (Lipinski definition) is 4. The van der Waals surface area contributed by atoms with E-state index >= 15 is 0 Å². The predicted octanol–water partition coefficient (Wildman–Crippen LogP) is 3.04. The van der Waals surface area contributed by atoms with Gasteiger partial charge >= 0.3 is 6.03 Å². The highest BCUT2D eigenvalue weighted by Crippen LogP contribution is 2.28. The molecule has 0 bridgehead atoms. The number of halogens is 1. The molecule has 7 nitrogen and oxygen atoms in total. The third-order valence-corrected chi connectivity index (χ3v) is 5.57. The van der Waals surface area contributed by atoms with Crippen LogP contribution in [0.15, 0.2) is 47.6 Å². The zero-order chi connectivity index (χ0) is 21.3. The number of hydrazone groups is 1. The number of nitrogens with one attached hydrogen (secondary N) is 1. The number of urea groups is 1. The molecule has 2 aromatic rings. The Morgan fingerprint density at radius 3 is 2.70 bits per heavy atom. The van der Waals surface area contributed by atoms with E-state index in [0.717, 1.165) is 22.4 Å². The van der Waals surface area contributed by atoms with E-state index in [2.05, 4.69) is 5.32 Å². The number of ether oxygens (including phenoxy) is 1. The van der Waals surface area contributed by atoms with Gasteiger partial charge in [-0.1, -0.05) is 29.8 Å². The third kappa shape index (κ3) is 3.91. The molecule has 1 saturated heterocycles. The second-order valence-electron chi connectivity index (χ2n) is 7.35. The number of anilines is 1. The first kappa shape index (κ1) is 20.4. The van der Waals surface area contributed by atoms with Gasteiger partial charge in [0.1, 0.15) is 6.61 Å². The molecule has 0 aromatic heterocycles. The van der Waals surface area contributed by atoms with E-state index in [1.165, 1.54) is 5.01 Å². The maximum absolute atomic E-state index is 12.5. The molecule has 1 fully saturated rings. The second kappa shape index (κ2) is 8.45. The van der Waals surface area contributed by atoms with Gasteiger partial charge in [-0.15, -0.1) is 0 Å². The maximum atomic E-state index is 12.5. The zero-order valence-electron chi connectivity index (χ0n) is 16.9. The van der Waals surface area contributed by atoms with Gasteiger partial charge in [0.25, 0.3) is 5.91 Å². The van der Waals surface area contributed by atoms with Gasteiger partial charge in [0.2, 0.25) is 0 Å². The topological polar surface area (TPSA) is 74.2 Å². The molecule has 2 aromatic carbocycles. The van der Waals surface area contributed by atoms with E-state index in [4.69, 9.17) is 21.4 Å². The largest absolute Gasteiger partial charge is 0.370 e. The first-order chi connectivity index (χ1) is 14.5. The van der Waals surface area contributed by atoms with Crippen LogP contribution in [0.3, 0.4) is 0 Å². The van der Waals surface area contributed by atoms with Crippen LogP contribution < -0.4 is 10.2 Å². The Balaban J connectivity index is 1.81. The van der Waals surface area contributed by atoms with Gasteiger partial charge in [-0.3, -0.25) is 4.79 Å². The number of amides is 3. The van der Waals surface area contributed by atoms with Crippen LogP contribution in [0.25, 0.3) is 0 Å². The fourth-order valence-electron chi connectivity index (χ4n) is 3.78. The van der Waals surface area contributed by atoms with Crippen LogP contribution >= 0.6 is 11.6 Å². The summed E-state index contributed by atoms with van der Waals surface area (Å²) >= 11 is 6.07. The molecule has 4 rings (SSSR count). The van der Waals surface area contributed by atoms with Gasteiger partial charge in [-0.25, -0.2) is 9.80 Å². The van der Waals surface area contributed by atoms with Crippen LogP contribution in [-0.2, 0) is 16.0 Å². The lowest BCUT2D eigenvalue weighted by Gasteiger charge is -2.27. The third-order valence-electron chi connectivity index (χ3n) is 5.32. The number of benzene rings is 2. The number of morpholine rings is 1. The lowest BCUT2D eigenvalue weighted by molar-refractivity contribution is -0.125. The van der Waals surface area contributed by atoms with E-state index in [9.17, 15) is 9.59 Å². The highest BCUT2D eigenvalue weighted by Gasteiger charge is 2.28. The van der Waals surface area contributed by atoms with E-state index < -0.39 is 0 Å². The standard InChI is InChI=1S/C22H23ClN4O3/c1-14-11-16-12-18(26-9-10-30-13-20(26)28)7-8-19(16)21(25-27(14)22(29)24-2)15-3-5-17(23)6-4-15/h3-8,12,14H,9-11,13H2,1-2H3,(H,24,29). The molecule has 2 heterocycles. The fourth-order valence-corrected chi connectivity index (χ4v) is 3.91. The summed E-state index contributed by atoms with van der Waals surface area (Å²) in [7, 11) is 1.59. The first-order valence-corrected chi connectivity index (χ1v) is 10.2. The van der Waals surface area contributed by atoms with Crippen molar-refractivity contribution in [2.45, 2.75) is 19.4 Å². The second-order valence-corrected chi connectivity index (χ2v) is 7.78. The number of carbonyl (C=O) groups excluding carboxylic acids is 2. The Morgan fingerprint density at radius 1 is 1.23 bits per heavy atom. The summed E-state index contributed by atoms with van der Waals surface area (Å²) in [6.45, 7) is 3.09. The van der Waals surface area contributed by atoms with Crippen molar-refractivity contribution in [2.24, 2.45) is 5.10 Å². The monoisotopic (exact) mass is 426 g/mol. The van der Waals surface area contributed by atoms with Crippen molar-refractivity contribution in [3.63, 3.8) is 0 Å². The molecular formula is C22H23ClN4O3. The van der Waals surface area contributed by atoms with Crippen molar-refractivity contribution in [2.75, 3.05) is 31.7 Å². The van der Waals surface area contributed by atoms with Crippen molar-refractivity contribution in [1.29, 1.82) is 0 Å². The van der Waals surface area contributed by atoms with Crippen LogP contribution in [0.5, 0.6) is 0 Å². The minimum Gasteiger partial charge on any atom is -0.370 e. The van der Waals surface area contributed by atoms with Crippen LogP contribution in [0.4, 0.5) is 10.5 Å². The summed E-state index contributed by atoms with van der Waals surface area (Å²) < 4.78 is 5.25. The normalized spacial score (nSPS) is 19.1. The van der Waals surface area contributed by atoms with Crippen LogP contribution in [-0.4, -0.2) is 55.5 Å². The predicted molar refractivity (Wildman–Crippen MR) is 116 cm³/mol. The van der Waals surface area contributed by atoms with Crippen molar-refractivity contribution >= 4 is 34.9 Å². The Morgan fingerprint density at radius 2 is 2.00 bits per heavy atom. The van der Waals surface area contributed by atoms with Crippen molar-refractivity contribution in [1.82, 2.24) is 10.3 Å². The van der Waals surface area contributed by atoms with Gasteiger partial charge in [0, 0.05) is 35.4 Å². The number of rotatable bonds is 2. The molecule has 1 N–H and O–H groups in total. The van der Waals surface area contributed by atoms with Gasteiger partial charge in [-0.05, 0) is 43.2 Å². The molecule has 2 aliphatic heterocycles. The van der Waals surface area contributed by atoms with Crippen molar-refractivity contribution in [3.05, 3.63) is 64.2 Å². The summed E-state index contributed by atoms with van der Waals surface area (Å²) in [5, 5.41) is 9.49. The molecular weight excluding hydrogens is 404 g/mol. The fraction of sp³-hybridized carbons (Fsp3) is 0.318. The quantitative estimate of drug-likeness (QED) is 0.802. The molecule has 1 atom stereocenters. The van der Waals surface area contributed by atoms with Gasteiger partial charge in [0.05, 0.1) is 18.4 Å². The highest BCUT2D eigenvalue weighted by molar-refractivity contribution is 6.30. The average Bonchev–Trinajstić information content (AvgIpc) is 2.89. The molecule has 0 saturated carbocycles. The van der Waals surface area contributed by atoms with Crippen LogP contribution in [0.2, 0.25) is 5.02 Å². The van der Waals surface area contributed by atoms with E-state index in [1.807, 2.05) is 37.3 Å². The number of fused-ring (bicyclic) bond motifs is 1. The Kier molecular flexibility index (Phi) is 5.74. The summed E-state index contributed by atoms with van der Waals surface area (Å²) in [5.41, 5.74) is 4.34. The van der Waals surface area contributed by atoms with E-state index in [-0.39, 0.29) is 24.6 Å².